The van der Waals surface area contributed by atoms with Crippen molar-refractivity contribution in [3.8, 4) is 5.75 Å². The van der Waals surface area contributed by atoms with Gasteiger partial charge in [-0.2, -0.15) is 0 Å². The first-order valence-electron chi connectivity index (χ1n) is 6.07. The van der Waals surface area contributed by atoms with Gasteiger partial charge < -0.3 is 10.5 Å². The largest absolute Gasteiger partial charge is 0.496 e. The highest BCUT2D eigenvalue weighted by Crippen LogP contribution is 2.32. The summed E-state index contributed by atoms with van der Waals surface area (Å²) in [5.74, 6) is 0.894. The molecule has 0 aliphatic heterocycles. The van der Waals surface area contributed by atoms with Crippen LogP contribution >= 0.6 is 11.6 Å². The normalized spacial score (nSPS) is 14.4. The minimum atomic E-state index is 0.118. The zero-order valence-corrected chi connectivity index (χ0v) is 11.7. The van der Waals surface area contributed by atoms with Crippen molar-refractivity contribution >= 4 is 11.6 Å². The fourth-order valence-corrected chi connectivity index (χ4v) is 2.41. The molecule has 0 aliphatic carbocycles. The van der Waals surface area contributed by atoms with E-state index in [0.717, 1.165) is 35.6 Å². The number of hydrogen-bond acceptors (Lipinski definition) is 2. The van der Waals surface area contributed by atoms with Crippen molar-refractivity contribution in [2.24, 2.45) is 11.1 Å². The first-order chi connectivity index (χ1) is 8.04. The van der Waals surface area contributed by atoms with Gasteiger partial charge in [-0.25, -0.2) is 0 Å². The van der Waals surface area contributed by atoms with Crippen LogP contribution in [0.1, 0.15) is 32.3 Å². The lowest BCUT2D eigenvalue weighted by atomic mass is 9.79. The summed E-state index contributed by atoms with van der Waals surface area (Å²) in [6, 6.07) is 5.74. The molecule has 0 saturated heterocycles. The second-order valence-electron chi connectivity index (χ2n) is 4.90. The van der Waals surface area contributed by atoms with E-state index in [4.69, 9.17) is 22.1 Å². The van der Waals surface area contributed by atoms with Crippen LogP contribution in [-0.2, 0) is 6.42 Å². The van der Waals surface area contributed by atoms with Crippen LogP contribution in [0.3, 0.4) is 0 Å². The molecule has 1 aromatic carbocycles. The van der Waals surface area contributed by atoms with E-state index in [0.29, 0.717) is 6.54 Å². The Bertz CT molecular complexity index is 367. The Labute approximate surface area is 109 Å². The molecule has 0 aromatic heterocycles. The molecule has 1 rings (SSSR count). The van der Waals surface area contributed by atoms with E-state index in [1.807, 2.05) is 18.2 Å². The van der Waals surface area contributed by atoms with Crippen LogP contribution < -0.4 is 10.5 Å². The van der Waals surface area contributed by atoms with Crippen molar-refractivity contribution in [2.45, 2.75) is 33.1 Å². The Balaban J connectivity index is 2.95. The summed E-state index contributed by atoms with van der Waals surface area (Å²) in [5.41, 5.74) is 7.15. The number of benzene rings is 1. The molecule has 2 nitrogen and oxygen atoms in total. The van der Waals surface area contributed by atoms with Gasteiger partial charge in [-0.05, 0) is 48.6 Å². The first-order valence-corrected chi connectivity index (χ1v) is 6.45. The van der Waals surface area contributed by atoms with Crippen LogP contribution in [0, 0.1) is 5.41 Å². The summed E-state index contributed by atoms with van der Waals surface area (Å²) in [4.78, 5) is 0. The Kier molecular flexibility index (Phi) is 5.29. The monoisotopic (exact) mass is 255 g/mol. The smallest absolute Gasteiger partial charge is 0.122 e. The van der Waals surface area contributed by atoms with E-state index < -0.39 is 0 Å². The fraction of sp³-hybridized carbons (Fsp3) is 0.571. The highest BCUT2D eigenvalue weighted by Gasteiger charge is 2.23. The zero-order chi connectivity index (χ0) is 12.9. The van der Waals surface area contributed by atoms with Gasteiger partial charge in [0.25, 0.3) is 0 Å². The molecular formula is C14H22ClNO. The van der Waals surface area contributed by atoms with E-state index >= 15 is 0 Å². The van der Waals surface area contributed by atoms with Crippen LogP contribution in [0.15, 0.2) is 18.2 Å². The molecule has 0 spiro atoms. The van der Waals surface area contributed by atoms with Gasteiger partial charge >= 0.3 is 0 Å². The lowest BCUT2D eigenvalue weighted by Gasteiger charge is -2.28. The first kappa shape index (κ1) is 14.3. The third-order valence-electron chi connectivity index (χ3n) is 3.21. The molecule has 1 unspecified atom stereocenters. The van der Waals surface area contributed by atoms with Crippen LogP contribution in [0.4, 0.5) is 0 Å². The van der Waals surface area contributed by atoms with Crippen molar-refractivity contribution in [1.29, 1.82) is 0 Å². The summed E-state index contributed by atoms with van der Waals surface area (Å²) >= 11 is 6.04. The predicted octanol–water partition coefficient (Wildman–Crippen LogP) is 3.66. The quantitative estimate of drug-likeness (QED) is 0.842. The lowest BCUT2D eigenvalue weighted by Crippen LogP contribution is -2.29. The van der Waals surface area contributed by atoms with Crippen LogP contribution in [0.5, 0.6) is 5.75 Å². The molecule has 96 valence electrons. The summed E-state index contributed by atoms with van der Waals surface area (Å²) in [7, 11) is 1.69. The number of methoxy groups -OCH3 is 1. The molecular weight excluding hydrogens is 234 g/mol. The maximum Gasteiger partial charge on any atom is 0.122 e. The fourth-order valence-electron chi connectivity index (χ4n) is 2.21. The number of ether oxygens (including phenoxy) is 1. The van der Waals surface area contributed by atoms with E-state index in [-0.39, 0.29) is 5.41 Å². The third-order valence-corrected chi connectivity index (χ3v) is 3.44. The Morgan fingerprint density at radius 2 is 2.12 bits per heavy atom. The van der Waals surface area contributed by atoms with Crippen molar-refractivity contribution in [3.63, 3.8) is 0 Å². The van der Waals surface area contributed by atoms with E-state index in [2.05, 4.69) is 13.8 Å². The number of hydrogen-bond donors (Lipinski definition) is 1. The maximum atomic E-state index is 6.04. The molecule has 0 heterocycles. The molecule has 3 heteroatoms. The molecule has 2 N–H and O–H groups in total. The van der Waals surface area contributed by atoms with E-state index in [1.54, 1.807) is 7.11 Å². The van der Waals surface area contributed by atoms with Gasteiger partial charge in [0.05, 0.1) is 7.11 Å². The van der Waals surface area contributed by atoms with E-state index in [1.165, 1.54) is 0 Å². The van der Waals surface area contributed by atoms with Crippen molar-refractivity contribution < 1.29 is 4.74 Å². The van der Waals surface area contributed by atoms with Gasteiger partial charge in [-0.3, -0.25) is 0 Å². The Morgan fingerprint density at radius 3 is 2.65 bits per heavy atom. The molecule has 0 amide bonds. The van der Waals surface area contributed by atoms with Gasteiger partial charge in [0, 0.05) is 5.02 Å². The second kappa shape index (κ2) is 6.27. The molecule has 0 saturated carbocycles. The highest BCUT2D eigenvalue weighted by molar-refractivity contribution is 6.30. The molecule has 0 bridgehead atoms. The number of nitrogens with two attached hydrogens (primary N) is 1. The summed E-state index contributed by atoms with van der Waals surface area (Å²) < 4.78 is 5.37. The lowest BCUT2D eigenvalue weighted by molar-refractivity contribution is 0.296. The van der Waals surface area contributed by atoms with Crippen LogP contribution in [0.2, 0.25) is 5.02 Å². The van der Waals surface area contributed by atoms with E-state index in [9.17, 15) is 0 Å². The minimum Gasteiger partial charge on any atom is -0.496 e. The average molecular weight is 256 g/mol. The summed E-state index contributed by atoms with van der Waals surface area (Å²) in [6.07, 6.45) is 3.15. The molecule has 0 radical (unpaired) electrons. The van der Waals surface area contributed by atoms with Gasteiger partial charge in [0.1, 0.15) is 5.75 Å². The van der Waals surface area contributed by atoms with Gasteiger partial charge in [-0.1, -0.05) is 31.9 Å². The topological polar surface area (TPSA) is 35.2 Å². The van der Waals surface area contributed by atoms with Crippen LogP contribution in [-0.4, -0.2) is 13.7 Å². The standard InChI is InChI=1S/C14H22ClNO/c1-4-7-14(2,10-16)9-11-8-12(15)5-6-13(11)17-3/h5-6,8H,4,7,9-10,16H2,1-3H3. The van der Waals surface area contributed by atoms with Gasteiger partial charge in [0.2, 0.25) is 0 Å². The van der Waals surface area contributed by atoms with Crippen molar-refractivity contribution in [1.82, 2.24) is 0 Å². The highest BCUT2D eigenvalue weighted by atomic mass is 35.5. The Hall–Kier alpha value is -0.730. The maximum absolute atomic E-state index is 6.04. The molecule has 17 heavy (non-hydrogen) atoms. The number of rotatable bonds is 6. The van der Waals surface area contributed by atoms with Crippen molar-refractivity contribution in [3.05, 3.63) is 28.8 Å². The predicted molar refractivity (Wildman–Crippen MR) is 73.8 cm³/mol. The van der Waals surface area contributed by atoms with Gasteiger partial charge in [-0.15, -0.1) is 0 Å². The Morgan fingerprint density at radius 1 is 1.41 bits per heavy atom. The van der Waals surface area contributed by atoms with Crippen LogP contribution in [0.25, 0.3) is 0 Å². The summed E-state index contributed by atoms with van der Waals surface area (Å²) in [6.45, 7) is 5.08. The minimum absolute atomic E-state index is 0.118. The third kappa shape index (κ3) is 3.90. The second-order valence-corrected chi connectivity index (χ2v) is 5.33. The molecule has 1 atom stereocenters. The SMILES string of the molecule is CCCC(C)(CN)Cc1cc(Cl)ccc1OC. The molecule has 0 fully saturated rings. The number of halogens is 1. The van der Waals surface area contributed by atoms with Gasteiger partial charge in [0.15, 0.2) is 0 Å². The average Bonchev–Trinajstić information content (AvgIpc) is 2.29. The zero-order valence-electron chi connectivity index (χ0n) is 10.9. The summed E-state index contributed by atoms with van der Waals surface area (Å²) in [5, 5.41) is 0.747. The van der Waals surface area contributed by atoms with Crippen molar-refractivity contribution in [2.75, 3.05) is 13.7 Å². The molecule has 1 aromatic rings. The molecule has 0 aliphatic rings.